The number of hydrogen-bond acceptors (Lipinski definition) is 0. The monoisotopic (exact) mass is 195 g/mol. The van der Waals surface area contributed by atoms with Crippen LogP contribution in [0.2, 0.25) is 0 Å². The smallest absolute Gasteiger partial charge is 0.0465 e. The minimum Gasteiger partial charge on any atom is -0.0465 e. The van der Waals surface area contributed by atoms with Crippen molar-refractivity contribution in [1.82, 2.24) is 0 Å². The van der Waals surface area contributed by atoms with Crippen molar-refractivity contribution in [2.24, 2.45) is 0 Å². The van der Waals surface area contributed by atoms with E-state index in [9.17, 15) is 0 Å². The Morgan fingerprint density at radius 2 is 1.33 bits per heavy atom. The SMILES string of the molecule is Cc1cc(C)cc([CH+]c2ccccc2)c1. The lowest BCUT2D eigenvalue weighted by Gasteiger charge is -1.98. The van der Waals surface area contributed by atoms with Crippen LogP contribution in [0, 0.1) is 20.3 Å². The van der Waals surface area contributed by atoms with Gasteiger partial charge in [0.2, 0.25) is 0 Å². The summed E-state index contributed by atoms with van der Waals surface area (Å²) in [6.07, 6.45) is 2.21. The minimum absolute atomic E-state index is 1.25. The van der Waals surface area contributed by atoms with Crippen LogP contribution >= 0.6 is 0 Å². The number of benzene rings is 2. The van der Waals surface area contributed by atoms with Crippen LogP contribution in [0.3, 0.4) is 0 Å². The molecule has 0 aromatic heterocycles. The molecule has 0 saturated heterocycles. The first-order valence-electron chi connectivity index (χ1n) is 5.22. The van der Waals surface area contributed by atoms with Crippen molar-refractivity contribution in [1.29, 1.82) is 0 Å². The highest BCUT2D eigenvalue weighted by Gasteiger charge is 2.04. The summed E-state index contributed by atoms with van der Waals surface area (Å²) < 4.78 is 0. The van der Waals surface area contributed by atoms with Crippen LogP contribution in [0.4, 0.5) is 0 Å². The molecule has 15 heavy (non-hydrogen) atoms. The lowest BCUT2D eigenvalue weighted by atomic mass is 10.0. The van der Waals surface area contributed by atoms with E-state index in [0.717, 1.165) is 0 Å². The van der Waals surface area contributed by atoms with Crippen molar-refractivity contribution in [2.75, 3.05) is 0 Å². The Balaban J connectivity index is 2.25. The Morgan fingerprint density at radius 1 is 0.733 bits per heavy atom. The van der Waals surface area contributed by atoms with E-state index in [4.69, 9.17) is 0 Å². The third-order valence-corrected chi connectivity index (χ3v) is 2.38. The Morgan fingerprint density at radius 3 is 1.93 bits per heavy atom. The molecule has 0 aliphatic heterocycles. The average Bonchev–Trinajstić information content (AvgIpc) is 2.17. The van der Waals surface area contributed by atoms with Gasteiger partial charge in [-0.15, -0.1) is 0 Å². The molecule has 2 aromatic rings. The zero-order valence-electron chi connectivity index (χ0n) is 9.20. The summed E-state index contributed by atoms with van der Waals surface area (Å²) in [5.41, 5.74) is 5.16. The Kier molecular flexibility index (Phi) is 2.77. The number of rotatable bonds is 2. The fraction of sp³-hybridized carbons (Fsp3) is 0.133. The van der Waals surface area contributed by atoms with Gasteiger partial charge < -0.3 is 0 Å². The van der Waals surface area contributed by atoms with Crippen LogP contribution < -0.4 is 0 Å². The highest BCUT2D eigenvalue weighted by molar-refractivity contribution is 5.40. The van der Waals surface area contributed by atoms with E-state index >= 15 is 0 Å². The molecule has 0 fully saturated rings. The summed E-state index contributed by atoms with van der Waals surface area (Å²) in [6, 6.07) is 17.0. The molecule has 0 aliphatic rings. The van der Waals surface area contributed by atoms with Gasteiger partial charge in [0.1, 0.15) is 0 Å². The van der Waals surface area contributed by atoms with Crippen LogP contribution in [-0.4, -0.2) is 0 Å². The zero-order valence-corrected chi connectivity index (χ0v) is 9.20. The highest BCUT2D eigenvalue weighted by Crippen LogP contribution is 2.15. The largest absolute Gasteiger partial charge is 0.0731 e. The molecule has 0 radical (unpaired) electrons. The third-order valence-electron chi connectivity index (χ3n) is 2.38. The van der Waals surface area contributed by atoms with Crippen molar-refractivity contribution in [3.05, 3.63) is 77.2 Å². The fourth-order valence-corrected chi connectivity index (χ4v) is 1.83. The first-order valence-corrected chi connectivity index (χ1v) is 5.22. The molecular formula is C15H15+. The van der Waals surface area contributed by atoms with E-state index in [0.29, 0.717) is 0 Å². The van der Waals surface area contributed by atoms with Crippen LogP contribution in [0.25, 0.3) is 0 Å². The molecule has 0 atom stereocenters. The maximum atomic E-state index is 2.21. The van der Waals surface area contributed by atoms with Gasteiger partial charge in [-0.05, 0) is 49.2 Å². The van der Waals surface area contributed by atoms with Crippen molar-refractivity contribution in [3.63, 3.8) is 0 Å². The van der Waals surface area contributed by atoms with E-state index in [-0.39, 0.29) is 0 Å². The van der Waals surface area contributed by atoms with E-state index in [2.05, 4.69) is 62.7 Å². The normalized spacial score (nSPS) is 10.0. The van der Waals surface area contributed by atoms with Crippen molar-refractivity contribution in [3.8, 4) is 0 Å². The molecule has 2 aromatic carbocycles. The minimum atomic E-state index is 1.25. The summed E-state index contributed by atoms with van der Waals surface area (Å²) >= 11 is 0. The molecule has 2 rings (SSSR count). The van der Waals surface area contributed by atoms with E-state index in [1.165, 1.54) is 22.3 Å². The second-order valence-electron chi connectivity index (χ2n) is 3.98. The molecule has 0 spiro atoms. The number of aryl methyl sites for hydroxylation is 2. The molecule has 0 amide bonds. The maximum absolute atomic E-state index is 2.21. The zero-order chi connectivity index (χ0) is 10.7. The molecule has 0 unspecified atom stereocenters. The quantitative estimate of drug-likeness (QED) is 0.637. The summed E-state index contributed by atoms with van der Waals surface area (Å²) in [5.74, 6) is 0. The fourth-order valence-electron chi connectivity index (χ4n) is 1.83. The molecule has 0 heteroatoms. The first kappa shape index (κ1) is 9.85. The second-order valence-corrected chi connectivity index (χ2v) is 3.98. The topological polar surface area (TPSA) is 0 Å². The van der Waals surface area contributed by atoms with Crippen molar-refractivity contribution in [2.45, 2.75) is 13.8 Å². The third kappa shape index (κ3) is 2.63. The second kappa shape index (κ2) is 4.22. The van der Waals surface area contributed by atoms with Gasteiger partial charge in [0.15, 0.2) is 0 Å². The molecular weight excluding hydrogens is 180 g/mol. The first-order chi connectivity index (χ1) is 7.24. The predicted molar refractivity (Wildman–Crippen MR) is 64.9 cm³/mol. The Bertz CT molecular complexity index is 421. The lowest BCUT2D eigenvalue weighted by Crippen LogP contribution is -1.87. The molecule has 0 N–H and O–H groups in total. The van der Waals surface area contributed by atoms with Crippen LogP contribution in [-0.2, 0) is 0 Å². The molecule has 0 nitrogen and oxygen atoms in total. The van der Waals surface area contributed by atoms with Gasteiger partial charge in [0.25, 0.3) is 0 Å². The molecule has 0 heterocycles. The molecule has 74 valence electrons. The van der Waals surface area contributed by atoms with Gasteiger partial charge in [-0.1, -0.05) is 0 Å². The standard InChI is InChI=1S/C15H15/c1-12-8-13(2)10-15(9-12)11-14-6-4-3-5-7-14/h3-11H,1-2H3/q+1. The summed E-state index contributed by atoms with van der Waals surface area (Å²) in [5, 5.41) is 0. The van der Waals surface area contributed by atoms with Crippen molar-refractivity contribution >= 4 is 0 Å². The van der Waals surface area contributed by atoms with E-state index < -0.39 is 0 Å². The van der Waals surface area contributed by atoms with Crippen molar-refractivity contribution < 1.29 is 0 Å². The highest BCUT2D eigenvalue weighted by atomic mass is 14.0. The molecule has 0 bridgehead atoms. The Labute approximate surface area is 91.6 Å². The lowest BCUT2D eigenvalue weighted by molar-refractivity contribution is 1.32. The van der Waals surface area contributed by atoms with Gasteiger partial charge in [0, 0.05) is 30.7 Å². The van der Waals surface area contributed by atoms with Gasteiger partial charge in [-0.3, -0.25) is 0 Å². The van der Waals surface area contributed by atoms with E-state index in [1.54, 1.807) is 0 Å². The predicted octanol–water partition coefficient (Wildman–Crippen LogP) is 3.90. The summed E-state index contributed by atoms with van der Waals surface area (Å²) in [4.78, 5) is 0. The number of hydrogen-bond donors (Lipinski definition) is 0. The van der Waals surface area contributed by atoms with Gasteiger partial charge >= 0.3 is 0 Å². The van der Waals surface area contributed by atoms with Gasteiger partial charge in [-0.25, -0.2) is 0 Å². The average molecular weight is 195 g/mol. The molecule has 0 aliphatic carbocycles. The van der Waals surface area contributed by atoms with Gasteiger partial charge in [-0.2, -0.15) is 0 Å². The van der Waals surface area contributed by atoms with Crippen LogP contribution in [0.1, 0.15) is 22.3 Å². The Hall–Kier alpha value is -1.69. The van der Waals surface area contributed by atoms with Gasteiger partial charge in [0.05, 0.1) is 11.1 Å². The summed E-state index contributed by atoms with van der Waals surface area (Å²) in [6.45, 7) is 4.27. The van der Waals surface area contributed by atoms with E-state index in [1.807, 2.05) is 6.07 Å². The molecule has 0 saturated carbocycles. The van der Waals surface area contributed by atoms with Crippen LogP contribution in [0.15, 0.2) is 48.5 Å². The maximum Gasteiger partial charge on any atom is 0.0731 e. The summed E-state index contributed by atoms with van der Waals surface area (Å²) in [7, 11) is 0. The van der Waals surface area contributed by atoms with Crippen LogP contribution in [0.5, 0.6) is 0 Å².